The van der Waals surface area contributed by atoms with Crippen molar-refractivity contribution < 1.29 is 14.2 Å². The molecule has 0 aliphatic heterocycles. The van der Waals surface area contributed by atoms with Crippen molar-refractivity contribution in [2.45, 2.75) is 4.83 Å². The molecule has 1 aromatic carbocycles. The van der Waals surface area contributed by atoms with Crippen LogP contribution in [0.25, 0.3) is 0 Å². The van der Waals surface area contributed by atoms with Gasteiger partial charge in [0.1, 0.15) is 17.2 Å². The fourth-order valence-electron chi connectivity index (χ4n) is 1.87. The fraction of sp³-hybridized carbons (Fsp3) is 0.286. The third-order valence-corrected chi connectivity index (χ3v) is 4.53. The Labute approximate surface area is 125 Å². The van der Waals surface area contributed by atoms with Crippen LogP contribution in [0.1, 0.15) is 16.0 Å². The van der Waals surface area contributed by atoms with E-state index in [9.17, 15) is 0 Å². The molecule has 102 valence electrons. The number of methoxy groups -OCH3 is 3. The van der Waals surface area contributed by atoms with E-state index in [1.165, 1.54) is 5.56 Å². The van der Waals surface area contributed by atoms with Crippen molar-refractivity contribution in [2.75, 3.05) is 21.3 Å². The highest BCUT2D eigenvalue weighted by Crippen LogP contribution is 2.45. The number of halogens is 1. The van der Waals surface area contributed by atoms with Gasteiger partial charge in [-0.2, -0.15) is 11.3 Å². The van der Waals surface area contributed by atoms with Crippen molar-refractivity contribution in [1.82, 2.24) is 0 Å². The first-order valence-electron chi connectivity index (χ1n) is 5.67. The zero-order chi connectivity index (χ0) is 13.8. The van der Waals surface area contributed by atoms with E-state index in [0.29, 0.717) is 5.75 Å². The van der Waals surface area contributed by atoms with E-state index >= 15 is 0 Å². The number of thiophene rings is 1. The molecule has 0 bridgehead atoms. The molecule has 0 N–H and O–H groups in total. The van der Waals surface area contributed by atoms with Crippen molar-refractivity contribution in [2.24, 2.45) is 0 Å². The lowest BCUT2D eigenvalue weighted by Crippen LogP contribution is -2.01. The van der Waals surface area contributed by atoms with Crippen molar-refractivity contribution in [3.8, 4) is 17.2 Å². The first-order valence-corrected chi connectivity index (χ1v) is 7.53. The molecular formula is C14H15BrO3S. The van der Waals surface area contributed by atoms with Gasteiger partial charge in [-0.1, -0.05) is 15.9 Å². The maximum Gasteiger partial charge on any atom is 0.130 e. The van der Waals surface area contributed by atoms with Gasteiger partial charge in [0.2, 0.25) is 0 Å². The van der Waals surface area contributed by atoms with Crippen LogP contribution >= 0.6 is 27.3 Å². The van der Waals surface area contributed by atoms with Crippen LogP contribution < -0.4 is 14.2 Å². The number of hydrogen-bond donors (Lipinski definition) is 0. The maximum atomic E-state index is 5.46. The summed E-state index contributed by atoms with van der Waals surface area (Å²) in [5.74, 6) is 2.19. The van der Waals surface area contributed by atoms with Gasteiger partial charge in [-0.25, -0.2) is 0 Å². The number of hydrogen-bond acceptors (Lipinski definition) is 4. The van der Waals surface area contributed by atoms with E-state index < -0.39 is 0 Å². The fourth-order valence-corrected chi connectivity index (χ4v) is 3.47. The molecule has 0 radical (unpaired) electrons. The molecule has 1 heterocycles. The zero-order valence-corrected chi connectivity index (χ0v) is 13.4. The van der Waals surface area contributed by atoms with Gasteiger partial charge in [0.15, 0.2) is 0 Å². The van der Waals surface area contributed by atoms with Crippen molar-refractivity contribution in [3.63, 3.8) is 0 Å². The lowest BCUT2D eigenvalue weighted by Gasteiger charge is -2.18. The van der Waals surface area contributed by atoms with Crippen LogP contribution in [-0.4, -0.2) is 21.3 Å². The summed E-state index contributed by atoms with van der Waals surface area (Å²) in [6, 6.07) is 5.80. The average Bonchev–Trinajstić information content (AvgIpc) is 2.99. The molecule has 0 amide bonds. The van der Waals surface area contributed by atoms with E-state index in [4.69, 9.17) is 14.2 Å². The molecule has 0 aliphatic rings. The summed E-state index contributed by atoms with van der Waals surface area (Å²) in [6.45, 7) is 0. The summed E-state index contributed by atoms with van der Waals surface area (Å²) in [7, 11) is 4.91. The van der Waals surface area contributed by atoms with Gasteiger partial charge in [-0.05, 0) is 22.4 Å². The predicted molar refractivity (Wildman–Crippen MR) is 81.2 cm³/mol. The second-order valence-electron chi connectivity index (χ2n) is 3.86. The first-order chi connectivity index (χ1) is 9.21. The highest BCUT2D eigenvalue weighted by molar-refractivity contribution is 9.09. The van der Waals surface area contributed by atoms with Gasteiger partial charge in [0.05, 0.1) is 31.7 Å². The van der Waals surface area contributed by atoms with Gasteiger partial charge in [-0.3, -0.25) is 0 Å². The van der Waals surface area contributed by atoms with Gasteiger partial charge < -0.3 is 14.2 Å². The van der Waals surface area contributed by atoms with Crippen molar-refractivity contribution in [1.29, 1.82) is 0 Å². The minimum Gasteiger partial charge on any atom is -0.496 e. The van der Waals surface area contributed by atoms with Crippen LogP contribution in [0.3, 0.4) is 0 Å². The normalized spacial score (nSPS) is 12.0. The second kappa shape index (κ2) is 6.30. The number of ether oxygens (including phenoxy) is 3. The minimum absolute atomic E-state index is 0.0227. The summed E-state index contributed by atoms with van der Waals surface area (Å²) in [6.07, 6.45) is 0. The summed E-state index contributed by atoms with van der Waals surface area (Å²) >= 11 is 5.37. The summed E-state index contributed by atoms with van der Waals surface area (Å²) in [5.41, 5.74) is 2.14. The largest absolute Gasteiger partial charge is 0.496 e. The molecule has 1 atom stereocenters. The van der Waals surface area contributed by atoms with Gasteiger partial charge in [-0.15, -0.1) is 0 Å². The Kier molecular flexibility index (Phi) is 4.71. The lowest BCUT2D eigenvalue weighted by atomic mass is 10.0. The number of benzene rings is 1. The molecule has 0 fully saturated rings. The summed E-state index contributed by atoms with van der Waals surface area (Å²) in [4.78, 5) is 0.0227. The molecule has 3 nitrogen and oxygen atoms in total. The van der Waals surface area contributed by atoms with Gasteiger partial charge >= 0.3 is 0 Å². The molecular weight excluding hydrogens is 328 g/mol. The number of rotatable bonds is 5. The SMILES string of the molecule is COc1cc(OC)c(C(Br)c2ccsc2)c(OC)c1. The second-order valence-corrected chi connectivity index (χ2v) is 5.56. The van der Waals surface area contributed by atoms with Gasteiger partial charge in [0.25, 0.3) is 0 Å². The van der Waals surface area contributed by atoms with Crippen LogP contribution in [0.2, 0.25) is 0 Å². The Hall–Kier alpha value is -1.20. The third-order valence-electron chi connectivity index (χ3n) is 2.84. The zero-order valence-electron chi connectivity index (χ0n) is 11.0. The molecule has 2 rings (SSSR count). The molecule has 2 aromatic rings. The van der Waals surface area contributed by atoms with Crippen LogP contribution in [0.4, 0.5) is 0 Å². The minimum atomic E-state index is 0.0227. The van der Waals surface area contributed by atoms with E-state index in [-0.39, 0.29) is 4.83 Å². The highest BCUT2D eigenvalue weighted by atomic mass is 79.9. The predicted octanol–water partition coefficient (Wildman–Crippen LogP) is 4.26. The molecule has 5 heteroatoms. The van der Waals surface area contributed by atoms with Crippen LogP contribution in [-0.2, 0) is 0 Å². The summed E-state index contributed by atoms with van der Waals surface area (Å²) < 4.78 is 16.2. The van der Waals surface area contributed by atoms with E-state index in [1.54, 1.807) is 32.7 Å². The molecule has 1 unspecified atom stereocenters. The number of alkyl halides is 1. The van der Waals surface area contributed by atoms with E-state index in [0.717, 1.165) is 17.1 Å². The Bertz CT molecular complexity index is 515. The topological polar surface area (TPSA) is 27.7 Å². The van der Waals surface area contributed by atoms with Crippen molar-refractivity contribution >= 4 is 27.3 Å². The lowest BCUT2D eigenvalue weighted by molar-refractivity contribution is 0.369. The molecule has 1 aromatic heterocycles. The molecule has 0 saturated heterocycles. The average molecular weight is 343 g/mol. The third kappa shape index (κ3) is 2.87. The Balaban J connectivity index is 2.54. The monoisotopic (exact) mass is 342 g/mol. The van der Waals surface area contributed by atoms with E-state index in [1.807, 2.05) is 17.5 Å². The highest BCUT2D eigenvalue weighted by Gasteiger charge is 2.22. The van der Waals surface area contributed by atoms with Crippen LogP contribution in [0, 0.1) is 0 Å². The smallest absolute Gasteiger partial charge is 0.130 e. The Morgan fingerprint density at radius 1 is 1.05 bits per heavy atom. The molecule has 19 heavy (non-hydrogen) atoms. The molecule has 0 spiro atoms. The van der Waals surface area contributed by atoms with Crippen LogP contribution in [0.15, 0.2) is 29.0 Å². The van der Waals surface area contributed by atoms with E-state index in [2.05, 4.69) is 27.4 Å². The Morgan fingerprint density at radius 3 is 2.11 bits per heavy atom. The molecule has 0 saturated carbocycles. The van der Waals surface area contributed by atoms with Gasteiger partial charge in [0, 0.05) is 12.1 Å². The first kappa shape index (κ1) is 14.2. The Morgan fingerprint density at radius 2 is 1.68 bits per heavy atom. The standard InChI is InChI=1S/C14H15BrO3S/c1-16-10-6-11(17-2)13(12(7-10)18-3)14(15)9-4-5-19-8-9/h4-8,14H,1-3H3. The van der Waals surface area contributed by atoms with Crippen LogP contribution in [0.5, 0.6) is 17.2 Å². The quantitative estimate of drug-likeness (QED) is 0.760. The van der Waals surface area contributed by atoms with Crippen molar-refractivity contribution in [3.05, 3.63) is 40.1 Å². The maximum absolute atomic E-state index is 5.46. The summed E-state index contributed by atoms with van der Waals surface area (Å²) in [5, 5.41) is 4.15. The molecule has 0 aliphatic carbocycles.